The van der Waals surface area contributed by atoms with Gasteiger partial charge in [-0.15, -0.1) is 0 Å². The highest BCUT2D eigenvalue weighted by molar-refractivity contribution is 4.61. The van der Waals surface area contributed by atoms with E-state index in [-0.39, 0.29) is 0 Å². The van der Waals surface area contributed by atoms with Gasteiger partial charge in [0, 0.05) is 0 Å². The quantitative estimate of drug-likeness (QED) is 0.0575. The highest BCUT2D eigenvalue weighted by atomic mass is 15.1. The van der Waals surface area contributed by atoms with Crippen molar-refractivity contribution in [1.82, 2.24) is 4.90 Å². The lowest BCUT2D eigenvalue weighted by Gasteiger charge is -2.22. The van der Waals surface area contributed by atoms with Gasteiger partial charge in [-0.05, 0) is 38.9 Å². The highest BCUT2D eigenvalue weighted by Crippen LogP contribution is 2.17. The van der Waals surface area contributed by atoms with E-state index >= 15 is 0 Å². The molecule has 0 aromatic rings. The number of nitrogens with zero attached hydrogens (tertiary/aromatic N) is 1. The molecular weight excluding hydrogens is 591 g/mol. The summed E-state index contributed by atoms with van der Waals surface area (Å²) in [6.45, 7) is 11.1. The third kappa shape index (κ3) is 44.0. The van der Waals surface area contributed by atoms with Crippen LogP contribution in [-0.2, 0) is 0 Å². The number of rotatable bonds is 45. The first-order valence-corrected chi connectivity index (χ1v) is 24.1. The van der Waals surface area contributed by atoms with Crippen LogP contribution in [0.3, 0.4) is 0 Å². The van der Waals surface area contributed by atoms with Gasteiger partial charge in [-0.3, -0.25) is 0 Å². The monoisotopic (exact) mass is 690 g/mol. The molecule has 1 heteroatoms. The minimum absolute atomic E-state index is 1.37. The average molecular weight is 690 g/mol. The molecule has 0 aliphatic carbocycles. The molecule has 0 N–H and O–H groups in total. The Hall–Kier alpha value is -0.0400. The van der Waals surface area contributed by atoms with Crippen LogP contribution in [0.1, 0.15) is 290 Å². The average Bonchev–Trinajstić information content (AvgIpc) is 3.11. The number of hydrogen-bond donors (Lipinski definition) is 0. The highest BCUT2D eigenvalue weighted by Gasteiger charge is 2.05. The molecule has 0 aliphatic rings. The summed E-state index contributed by atoms with van der Waals surface area (Å²) in [7, 11) is 0. The normalized spacial score (nSPS) is 11.8. The molecule has 0 radical (unpaired) electrons. The second kappa shape index (κ2) is 46.0. The van der Waals surface area contributed by atoms with E-state index in [0.29, 0.717) is 0 Å². The Morgan fingerprint density at radius 3 is 0.429 bits per heavy atom. The fraction of sp³-hybridized carbons (Fsp3) is 1.00. The molecule has 1 nitrogen and oxygen atoms in total. The van der Waals surface area contributed by atoms with E-state index in [0.717, 1.165) is 0 Å². The first-order valence-electron chi connectivity index (χ1n) is 24.1. The van der Waals surface area contributed by atoms with Crippen LogP contribution in [0.25, 0.3) is 0 Å². The summed E-state index contributed by atoms with van der Waals surface area (Å²) in [5.41, 5.74) is 0. The lowest BCUT2D eigenvalue weighted by Crippen LogP contribution is -2.27. The van der Waals surface area contributed by atoms with Gasteiger partial charge in [0.25, 0.3) is 0 Å². The van der Waals surface area contributed by atoms with Crippen LogP contribution in [-0.4, -0.2) is 24.5 Å². The standard InChI is InChI=1S/C48H99N/c1-4-7-10-13-16-18-20-22-24-26-28-30-32-34-36-38-41-44-47-49(46-43-40-15-12-9-6-3)48-45-42-39-37-35-33-31-29-27-25-23-21-19-17-14-11-8-5-2/h4-48H2,1-3H3. The molecule has 0 fully saturated rings. The molecule has 296 valence electrons. The Balaban J connectivity index is 3.69. The van der Waals surface area contributed by atoms with Gasteiger partial charge in [-0.25, -0.2) is 0 Å². The van der Waals surface area contributed by atoms with E-state index in [1.54, 1.807) is 0 Å². The molecule has 0 amide bonds. The predicted octanol–water partition coefficient (Wildman–Crippen LogP) is 17.7. The maximum atomic E-state index is 2.86. The molecule has 0 spiro atoms. The van der Waals surface area contributed by atoms with E-state index < -0.39 is 0 Å². The maximum absolute atomic E-state index is 2.86. The summed E-state index contributed by atoms with van der Waals surface area (Å²) >= 11 is 0. The molecule has 49 heavy (non-hydrogen) atoms. The van der Waals surface area contributed by atoms with Crippen molar-refractivity contribution in [3.8, 4) is 0 Å². The Bertz CT molecular complexity index is 503. The summed E-state index contributed by atoms with van der Waals surface area (Å²) < 4.78 is 0. The predicted molar refractivity (Wildman–Crippen MR) is 227 cm³/mol. The zero-order valence-corrected chi connectivity index (χ0v) is 35.3. The SMILES string of the molecule is CCCCCCCCCCCCCCCCCCCCN(CCCCCCCC)CCCCCCCCCCCCCCCCCCCC. The van der Waals surface area contributed by atoms with Gasteiger partial charge in [0.1, 0.15) is 0 Å². The minimum Gasteiger partial charge on any atom is -0.303 e. The lowest BCUT2D eigenvalue weighted by atomic mass is 10.0. The van der Waals surface area contributed by atoms with Gasteiger partial charge < -0.3 is 4.90 Å². The zero-order chi connectivity index (χ0) is 35.4. The molecule has 0 atom stereocenters. The van der Waals surface area contributed by atoms with Crippen LogP contribution in [0.4, 0.5) is 0 Å². The van der Waals surface area contributed by atoms with Crippen LogP contribution in [0.5, 0.6) is 0 Å². The molecule has 0 saturated carbocycles. The van der Waals surface area contributed by atoms with Gasteiger partial charge in [0.2, 0.25) is 0 Å². The van der Waals surface area contributed by atoms with Crippen LogP contribution >= 0.6 is 0 Å². The van der Waals surface area contributed by atoms with Gasteiger partial charge >= 0.3 is 0 Å². The molecule has 0 unspecified atom stereocenters. The molecule has 0 aromatic heterocycles. The summed E-state index contributed by atoms with van der Waals surface area (Å²) in [6.07, 6.45) is 61.6. The summed E-state index contributed by atoms with van der Waals surface area (Å²) in [5.74, 6) is 0. The van der Waals surface area contributed by atoms with Crippen molar-refractivity contribution < 1.29 is 0 Å². The topological polar surface area (TPSA) is 3.24 Å². The Morgan fingerprint density at radius 1 is 0.163 bits per heavy atom. The molecule has 0 saturated heterocycles. The molecule has 0 aliphatic heterocycles. The lowest BCUT2D eigenvalue weighted by molar-refractivity contribution is 0.254. The molecule has 0 bridgehead atoms. The summed E-state index contributed by atoms with van der Waals surface area (Å²) in [4.78, 5) is 2.86. The van der Waals surface area contributed by atoms with Crippen LogP contribution in [0.2, 0.25) is 0 Å². The van der Waals surface area contributed by atoms with E-state index in [1.807, 2.05) is 0 Å². The van der Waals surface area contributed by atoms with Crippen LogP contribution < -0.4 is 0 Å². The second-order valence-electron chi connectivity index (χ2n) is 16.6. The van der Waals surface area contributed by atoms with Gasteiger partial charge in [-0.1, -0.05) is 271 Å². The second-order valence-corrected chi connectivity index (χ2v) is 16.6. The number of hydrogen-bond acceptors (Lipinski definition) is 1. The van der Waals surface area contributed by atoms with Crippen molar-refractivity contribution in [2.75, 3.05) is 19.6 Å². The maximum Gasteiger partial charge on any atom is -0.00187 e. The van der Waals surface area contributed by atoms with Crippen molar-refractivity contribution in [1.29, 1.82) is 0 Å². The van der Waals surface area contributed by atoms with Crippen molar-refractivity contribution in [2.45, 2.75) is 290 Å². The summed E-state index contributed by atoms with van der Waals surface area (Å²) in [6, 6.07) is 0. The Labute approximate surface area is 314 Å². The smallest absolute Gasteiger partial charge is 0.00187 e. The minimum atomic E-state index is 1.37. The molecule has 0 rings (SSSR count). The van der Waals surface area contributed by atoms with Crippen molar-refractivity contribution in [2.24, 2.45) is 0 Å². The van der Waals surface area contributed by atoms with E-state index in [2.05, 4.69) is 25.7 Å². The van der Waals surface area contributed by atoms with E-state index in [4.69, 9.17) is 0 Å². The fourth-order valence-corrected chi connectivity index (χ4v) is 7.93. The Morgan fingerprint density at radius 2 is 0.286 bits per heavy atom. The fourth-order valence-electron chi connectivity index (χ4n) is 7.93. The van der Waals surface area contributed by atoms with Crippen LogP contribution in [0, 0.1) is 0 Å². The van der Waals surface area contributed by atoms with Crippen molar-refractivity contribution in [3.63, 3.8) is 0 Å². The molecule has 0 aromatic carbocycles. The van der Waals surface area contributed by atoms with Gasteiger partial charge in [0.15, 0.2) is 0 Å². The third-order valence-electron chi connectivity index (χ3n) is 11.5. The summed E-state index contributed by atoms with van der Waals surface area (Å²) in [5, 5.41) is 0. The van der Waals surface area contributed by atoms with Crippen molar-refractivity contribution in [3.05, 3.63) is 0 Å². The van der Waals surface area contributed by atoms with Crippen LogP contribution in [0.15, 0.2) is 0 Å². The molecular formula is C48H99N. The Kier molecular flexibility index (Phi) is 45.9. The third-order valence-corrected chi connectivity index (χ3v) is 11.5. The largest absolute Gasteiger partial charge is 0.303 e. The first-order chi connectivity index (χ1) is 24.3. The van der Waals surface area contributed by atoms with E-state index in [1.165, 1.54) is 289 Å². The van der Waals surface area contributed by atoms with Gasteiger partial charge in [-0.2, -0.15) is 0 Å². The molecule has 0 heterocycles. The zero-order valence-electron chi connectivity index (χ0n) is 35.3. The van der Waals surface area contributed by atoms with E-state index in [9.17, 15) is 0 Å². The first kappa shape index (κ1) is 49.0. The van der Waals surface area contributed by atoms with Crippen molar-refractivity contribution >= 4 is 0 Å². The number of unbranched alkanes of at least 4 members (excludes halogenated alkanes) is 39. The van der Waals surface area contributed by atoms with Gasteiger partial charge in [0.05, 0.1) is 0 Å².